The molecule has 3 rings (SSSR count). The minimum atomic E-state index is -2.89. The maximum atomic E-state index is 12.6. The minimum absolute atomic E-state index is 0.0579. The molecule has 0 N–H and O–H groups in total. The number of benzene rings is 1. The first-order valence-corrected chi connectivity index (χ1v) is 9.69. The first kappa shape index (κ1) is 22.5. The molecular weight excluding hydrogens is 432 g/mol. The molecule has 0 saturated heterocycles. The van der Waals surface area contributed by atoms with Crippen molar-refractivity contribution in [1.82, 2.24) is 14.5 Å². The number of pyridine rings is 1. The maximum absolute atomic E-state index is 12.6. The zero-order valence-electron chi connectivity index (χ0n) is 17.1. The van der Waals surface area contributed by atoms with Crippen LogP contribution in [0, 0.1) is 0 Å². The van der Waals surface area contributed by atoms with Crippen LogP contribution in [-0.2, 0) is 18.2 Å². The van der Waals surface area contributed by atoms with E-state index in [2.05, 4.69) is 14.7 Å². The van der Waals surface area contributed by atoms with E-state index in [0.717, 1.165) is 5.56 Å². The SMILES string of the molecule is CCOC(=O)c1nc(Cc2ccc(OC(F)F)cc2)n(C)c1-c1ccc(OC)nc1Cl. The Morgan fingerprint density at radius 2 is 1.87 bits per heavy atom. The van der Waals surface area contributed by atoms with Crippen LogP contribution < -0.4 is 9.47 Å². The van der Waals surface area contributed by atoms with Crippen molar-refractivity contribution in [3.8, 4) is 22.9 Å². The van der Waals surface area contributed by atoms with Gasteiger partial charge in [-0.05, 0) is 30.7 Å². The molecule has 0 aliphatic heterocycles. The van der Waals surface area contributed by atoms with Crippen LogP contribution in [0.5, 0.6) is 11.6 Å². The van der Waals surface area contributed by atoms with Gasteiger partial charge in [0.25, 0.3) is 0 Å². The lowest BCUT2D eigenvalue weighted by molar-refractivity contribution is -0.0498. The average molecular weight is 452 g/mol. The van der Waals surface area contributed by atoms with Crippen molar-refractivity contribution in [2.75, 3.05) is 13.7 Å². The van der Waals surface area contributed by atoms with Crippen molar-refractivity contribution in [3.63, 3.8) is 0 Å². The van der Waals surface area contributed by atoms with E-state index in [1.165, 1.54) is 19.2 Å². The van der Waals surface area contributed by atoms with Crippen LogP contribution in [0.3, 0.4) is 0 Å². The lowest BCUT2D eigenvalue weighted by Gasteiger charge is -2.10. The highest BCUT2D eigenvalue weighted by Gasteiger charge is 2.25. The number of carbonyl (C=O) groups is 1. The van der Waals surface area contributed by atoms with Crippen molar-refractivity contribution in [1.29, 1.82) is 0 Å². The van der Waals surface area contributed by atoms with Crippen LogP contribution in [0.25, 0.3) is 11.3 Å². The standard InChI is InChI=1S/C21H20ClF2N3O4/c1-4-30-20(28)17-18(14-9-10-16(29-3)26-19(14)22)27(2)15(25-17)11-12-5-7-13(8-6-12)31-21(23)24/h5-10,21H,4,11H2,1-3H3. The summed E-state index contributed by atoms with van der Waals surface area (Å²) >= 11 is 6.34. The summed E-state index contributed by atoms with van der Waals surface area (Å²) in [5.74, 6) is 0.349. The summed E-state index contributed by atoms with van der Waals surface area (Å²) in [7, 11) is 3.22. The Bertz CT molecular complexity index is 1070. The van der Waals surface area contributed by atoms with Crippen molar-refractivity contribution >= 4 is 17.6 Å². The molecule has 0 radical (unpaired) electrons. The van der Waals surface area contributed by atoms with Gasteiger partial charge in [-0.2, -0.15) is 8.78 Å². The predicted octanol–water partition coefficient (Wildman–Crippen LogP) is 4.51. The van der Waals surface area contributed by atoms with Crippen LogP contribution >= 0.6 is 11.6 Å². The Labute approximate surface area is 182 Å². The lowest BCUT2D eigenvalue weighted by atomic mass is 10.1. The second-order valence-corrected chi connectivity index (χ2v) is 6.75. The fourth-order valence-electron chi connectivity index (χ4n) is 3.03. The summed E-state index contributed by atoms with van der Waals surface area (Å²) in [6.45, 7) is -1.01. The van der Waals surface area contributed by atoms with Gasteiger partial charge in [-0.3, -0.25) is 0 Å². The number of ether oxygens (including phenoxy) is 3. The Morgan fingerprint density at radius 1 is 1.16 bits per heavy atom. The largest absolute Gasteiger partial charge is 0.481 e. The number of carbonyl (C=O) groups excluding carboxylic acids is 1. The van der Waals surface area contributed by atoms with Gasteiger partial charge in [0, 0.05) is 25.1 Å². The number of methoxy groups -OCH3 is 1. The highest BCUT2D eigenvalue weighted by atomic mass is 35.5. The van der Waals surface area contributed by atoms with Crippen LogP contribution in [-0.4, -0.2) is 40.8 Å². The second-order valence-electron chi connectivity index (χ2n) is 6.40. The van der Waals surface area contributed by atoms with Crippen LogP contribution in [0.4, 0.5) is 8.78 Å². The third-order valence-corrected chi connectivity index (χ3v) is 4.74. The third-order valence-electron chi connectivity index (χ3n) is 4.45. The van der Waals surface area contributed by atoms with Gasteiger partial charge in [0.05, 0.1) is 19.4 Å². The number of hydrogen-bond donors (Lipinski definition) is 0. The number of imidazole rings is 1. The fraction of sp³-hybridized carbons (Fsp3) is 0.286. The van der Waals surface area contributed by atoms with Gasteiger partial charge in [0.1, 0.15) is 16.7 Å². The lowest BCUT2D eigenvalue weighted by Crippen LogP contribution is -2.08. The van der Waals surface area contributed by atoms with E-state index in [1.807, 2.05) is 0 Å². The fourth-order valence-corrected chi connectivity index (χ4v) is 3.27. The molecule has 0 spiro atoms. The third kappa shape index (κ3) is 5.11. The highest BCUT2D eigenvalue weighted by molar-refractivity contribution is 6.32. The van der Waals surface area contributed by atoms with E-state index in [9.17, 15) is 13.6 Å². The molecule has 3 aromatic rings. The zero-order chi connectivity index (χ0) is 22.5. The molecule has 164 valence electrons. The first-order chi connectivity index (χ1) is 14.8. The van der Waals surface area contributed by atoms with E-state index >= 15 is 0 Å². The number of esters is 1. The summed E-state index contributed by atoms with van der Waals surface area (Å²) in [5.41, 5.74) is 1.83. The Morgan fingerprint density at radius 3 is 2.45 bits per heavy atom. The van der Waals surface area contributed by atoms with Crippen molar-refractivity contribution in [2.45, 2.75) is 20.0 Å². The van der Waals surface area contributed by atoms with Crippen LogP contribution in [0.2, 0.25) is 5.15 Å². The second kappa shape index (κ2) is 9.74. The molecule has 0 fully saturated rings. The molecule has 31 heavy (non-hydrogen) atoms. The summed E-state index contributed by atoms with van der Waals surface area (Å²) < 4.78 is 41.0. The predicted molar refractivity (Wildman–Crippen MR) is 110 cm³/mol. The molecule has 7 nitrogen and oxygen atoms in total. The number of aromatic nitrogens is 3. The minimum Gasteiger partial charge on any atom is -0.481 e. The molecule has 0 unspecified atom stereocenters. The number of hydrogen-bond acceptors (Lipinski definition) is 6. The number of alkyl halides is 2. The van der Waals surface area contributed by atoms with Gasteiger partial charge >= 0.3 is 12.6 Å². The normalized spacial score (nSPS) is 10.9. The molecular formula is C21H20ClF2N3O4. The van der Waals surface area contributed by atoms with Crippen molar-refractivity contribution < 1.29 is 27.8 Å². The number of rotatable bonds is 8. The van der Waals surface area contributed by atoms with Gasteiger partial charge in [-0.1, -0.05) is 23.7 Å². The van der Waals surface area contributed by atoms with E-state index in [-0.39, 0.29) is 23.2 Å². The van der Waals surface area contributed by atoms with E-state index in [4.69, 9.17) is 21.1 Å². The first-order valence-electron chi connectivity index (χ1n) is 9.31. The molecule has 2 heterocycles. The van der Waals surface area contributed by atoms with Crippen molar-refractivity contribution in [2.24, 2.45) is 7.05 Å². The molecule has 10 heteroatoms. The Kier molecular flexibility index (Phi) is 7.06. The molecule has 0 aliphatic rings. The smallest absolute Gasteiger partial charge is 0.387 e. The molecule has 2 aromatic heterocycles. The topological polar surface area (TPSA) is 75.5 Å². The quantitative estimate of drug-likeness (QED) is 0.370. The summed E-state index contributed by atoms with van der Waals surface area (Å²) in [5, 5.41) is 0.146. The van der Waals surface area contributed by atoms with E-state index < -0.39 is 12.6 Å². The van der Waals surface area contributed by atoms with Gasteiger partial charge in [-0.15, -0.1) is 0 Å². The van der Waals surface area contributed by atoms with Gasteiger partial charge < -0.3 is 18.8 Å². The van der Waals surface area contributed by atoms with Crippen LogP contribution in [0.1, 0.15) is 28.8 Å². The van der Waals surface area contributed by atoms with Gasteiger partial charge in [0.15, 0.2) is 5.69 Å². The molecule has 0 aliphatic carbocycles. The number of halogens is 3. The van der Waals surface area contributed by atoms with Gasteiger partial charge in [0.2, 0.25) is 5.88 Å². The summed E-state index contributed by atoms with van der Waals surface area (Å²) in [6, 6.07) is 9.51. The van der Waals surface area contributed by atoms with Crippen molar-refractivity contribution in [3.05, 3.63) is 58.6 Å². The highest BCUT2D eigenvalue weighted by Crippen LogP contribution is 2.32. The molecule has 0 atom stereocenters. The number of nitrogens with zero attached hydrogens (tertiary/aromatic N) is 3. The Hall–Kier alpha value is -3.20. The molecule has 0 amide bonds. The van der Waals surface area contributed by atoms with Gasteiger partial charge in [-0.25, -0.2) is 14.8 Å². The molecule has 0 saturated carbocycles. The van der Waals surface area contributed by atoms with E-state index in [0.29, 0.717) is 29.4 Å². The summed E-state index contributed by atoms with van der Waals surface area (Å²) in [4.78, 5) is 21.2. The monoisotopic (exact) mass is 451 g/mol. The zero-order valence-corrected chi connectivity index (χ0v) is 17.8. The maximum Gasteiger partial charge on any atom is 0.387 e. The molecule has 0 bridgehead atoms. The Balaban J connectivity index is 2.01. The van der Waals surface area contributed by atoms with Crippen LogP contribution in [0.15, 0.2) is 36.4 Å². The average Bonchev–Trinajstić information content (AvgIpc) is 3.05. The summed E-state index contributed by atoms with van der Waals surface area (Å²) in [6.07, 6.45) is 0.332. The molecule has 1 aromatic carbocycles. The van der Waals surface area contributed by atoms with E-state index in [1.54, 1.807) is 42.8 Å².